The number of nitrogens with one attached hydrogen (secondary N) is 1. The number of halogens is 4. The van der Waals surface area contributed by atoms with Crippen LogP contribution in [0.4, 0.5) is 34.9 Å². The first-order valence-corrected chi connectivity index (χ1v) is 10.9. The van der Waals surface area contributed by atoms with Crippen molar-refractivity contribution in [2.45, 2.75) is 39.1 Å². The number of nitrogens with zero attached hydrogens (tertiary/aromatic N) is 4. The lowest BCUT2D eigenvalue weighted by Gasteiger charge is -2.22. The molecule has 188 valence electrons. The molecule has 0 fully saturated rings. The average Bonchev–Trinajstić information content (AvgIpc) is 3.24. The molecule has 0 aliphatic heterocycles. The molecule has 0 bridgehead atoms. The first-order chi connectivity index (χ1) is 16.9. The van der Waals surface area contributed by atoms with Gasteiger partial charge in [-0.15, -0.1) is 0 Å². The summed E-state index contributed by atoms with van der Waals surface area (Å²) in [6.45, 7) is 6.01. The van der Waals surface area contributed by atoms with Crippen LogP contribution in [0, 0.1) is 5.82 Å². The molecule has 0 spiro atoms. The molecule has 3 N–H and O–H groups in total. The first-order valence-electron chi connectivity index (χ1n) is 10.9. The molecule has 0 atom stereocenters. The van der Waals surface area contributed by atoms with Crippen molar-refractivity contribution in [2.24, 2.45) is 0 Å². The van der Waals surface area contributed by atoms with Gasteiger partial charge in [0.15, 0.2) is 5.69 Å². The number of ether oxygens (including phenoxy) is 1. The van der Waals surface area contributed by atoms with Crippen LogP contribution in [0.3, 0.4) is 0 Å². The van der Waals surface area contributed by atoms with Crippen LogP contribution >= 0.6 is 0 Å². The van der Waals surface area contributed by atoms with Crippen molar-refractivity contribution in [2.75, 3.05) is 11.1 Å². The monoisotopic (exact) mass is 500 g/mol. The minimum Gasteiger partial charge on any atom is -0.487 e. The third-order valence-corrected chi connectivity index (χ3v) is 5.16. The van der Waals surface area contributed by atoms with Gasteiger partial charge in [-0.3, -0.25) is 0 Å². The van der Waals surface area contributed by atoms with Crippen molar-refractivity contribution in [3.05, 3.63) is 78.0 Å². The predicted octanol–water partition coefficient (Wildman–Crippen LogP) is 6.16. The Labute approximate surface area is 205 Å². The van der Waals surface area contributed by atoms with E-state index in [4.69, 9.17) is 15.6 Å². The van der Waals surface area contributed by atoms with Crippen LogP contribution in [0.2, 0.25) is 0 Å². The van der Waals surface area contributed by atoms with E-state index in [0.717, 1.165) is 11.8 Å². The van der Waals surface area contributed by atoms with Crippen molar-refractivity contribution in [3.8, 4) is 17.0 Å². The molecule has 2 heterocycles. The highest BCUT2D eigenvalue weighted by Gasteiger charge is 2.32. The SMILES string of the molecule is CC(C)(C)n1nc(-c2ccc(N)c(OCc3ccc(F)cc3)c2)cc1Nc1cnc(C(F)(F)F)cn1. The summed E-state index contributed by atoms with van der Waals surface area (Å²) in [4.78, 5) is 7.28. The number of benzene rings is 2. The molecule has 2 aromatic carbocycles. The maximum absolute atomic E-state index is 13.1. The van der Waals surface area contributed by atoms with Crippen LogP contribution in [-0.4, -0.2) is 19.7 Å². The zero-order valence-electron chi connectivity index (χ0n) is 19.8. The molecule has 7 nitrogen and oxygen atoms in total. The van der Waals surface area contributed by atoms with Crippen LogP contribution in [0.25, 0.3) is 11.3 Å². The van der Waals surface area contributed by atoms with E-state index in [1.54, 1.807) is 41.1 Å². The van der Waals surface area contributed by atoms with Crippen LogP contribution in [0.1, 0.15) is 32.0 Å². The number of rotatable bonds is 6. The largest absolute Gasteiger partial charge is 0.487 e. The number of aromatic nitrogens is 4. The summed E-state index contributed by atoms with van der Waals surface area (Å²) in [6, 6.07) is 12.9. The quantitative estimate of drug-likeness (QED) is 0.244. The van der Waals surface area contributed by atoms with Gasteiger partial charge in [-0.05, 0) is 50.6 Å². The van der Waals surface area contributed by atoms with Gasteiger partial charge >= 0.3 is 6.18 Å². The zero-order chi connectivity index (χ0) is 26.1. The third kappa shape index (κ3) is 5.73. The second kappa shape index (κ2) is 9.48. The van der Waals surface area contributed by atoms with E-state index in [2.05, 4.69) is 15.3 Å². The zero-order valence-corrected chi connectivity index (χ0v) is 19.8. The number of alkyl halides is 3. The summed E-state index contributed by atoms with van der Waals surface area (Å²) in [7, 11) is 0. The lowest BCUT2D eigenvalue weighted by atomic mass is 10.1. The Morgan fingerprint density at radius 2 is 1.69 bits per heavy atom. The van der Waals surface area contributed by atoms with Crippen molar-refractivity contribution >= 4 is 17.3 Å². The summed E-state index contributed by atoms with van der Waals surface area (Å²) in [5.41, 5.74) is 7.05. The molecule has 0 aliphatic carbocycles. The van der Waals surface area contributed by atoms with E-state index < -0.39 is 17.4 Å². The lowest BCUT2D eigenvalue weighted by molar-refractivity contribution is -0.141. The van der Waals surface area contributed by atoms with Gasteiger partial charge in [0, 0.05) is 11.6 Å². The normalized spacial score (nSPS) is 12.0. The second-order valence-electron chi connectivity index (χ2n) is 9.07. The fraction of sp³-hybridized carbons (Fsp3) is 0.240. The maximum atomic E-state index is 13.1. The maximum Gasteiger partial charge on any atom is 0.434 e. The first kappa shape index (κ1) is 25.0. The van der Waals surface area contributed by atoms with Gasteiger partial charge in [-0.25, -0.2) is 19.0 Å². The van der Waals surface area contributed by atoms with Crippen LogP contribution in [0.5, 0.6) is 5.75 Å². The average molecular weight is 501 g/mol. The third-order valence-electron chi connectivity index (χ3n) is 5.16. The Morgan fingerprint density at radius 3 is 2.31 bits per heavy atom. The van der Waals surface area contributed by atoms with E-state index in [-0.39, 0.29) is 18.2 Å². The Kier molecular flexibility index (Phi) is 6.57. The highest BCUT2D eigenvalue weighted by Crippen LogP contribution is 2.33. The van der Waals surface area contributed by atoms with E-state index in [1.807, 2.05) is 20.8 Å². The molecule has 4 aromatic rings. The van der Waals surface area contributed by atoms with Crippen molar-refractivity contribution in [1.82, 2.24) is 19.7 Å². The highest BCUT2D eigenvalue weighted by atomic mass is 19.4. The Hall–Kier alpha value is -4.15. The Morgan fingerprint density at radius 1 is 0.972 bits per heavy atom. The van der Waals surface area contributed by atoms with Gasteiger partial charge in [0.1, 0.15) is 29.8 Å². The van der Waals surface area contributed by atoms with E-state index >= 15 is 0 Å². The minimum atomic E-state index is -4.57. The molecular weight excluding hydrogens is 476 g/mol. The topological polar surface area (TPSA) is 90.9 Å². The van der Waals surface area contributed by atoms with Gasteiger partial charge in [0.2, 0.25) is 0 Å². The van der Waals surface area contributed by atoms with Gasteiger partial charge in [-0.1, -0.05) is 18.2 Å². The van der Waals surface area contributed by atoms with Gasteiger partial charge in [0.05, 0.1) is 29.3 Å². The molecule has 4 rings (SSSR count). The molecule has 0 saturated heterocycles. The van der Waals surface area contributed by atoms with Crippen molar-refractivity contribution < 1.29 is 22.3 Å². The fourth-order valence-corrected chi connectivity index (χ4v) is 3.35. The predicted molar refractivity (Wildman–Crippen MR) is 128 cm³/mol. The van der Waals surface area contributed by atoms with Crippen LogP contribution in [-0.2, 0) is 18.3 Å². The van der Waals surface area contributed by atoms with Gasteiger partial charge in [-0.2, -0.15) is 18.3 Å². The van der Waals surface area contributed by atoms with Crippen LogP contribution in [0.15, 0.2) is 60.9 Å². The summed E-state index contributed by atoms with van der Waals surface area (Å²) >= 11 is 0. The van der Waals surface area contributed by atoms with E-state index in [0.29, 0.717) is 34.7 Å². The molecule has 2 aromatic heterocycles. The minimum absolute atomic E-state index is 0.139. The Balaban J connectivity index is 1.61. The molecule has 0 aliphatic rings. The molecule has 0 amide bonds. The molecule has 11 heteroatoms. The smallest absolute Gasteiger partial charge is 0.434 e. The number of hydrogen-bond donors (Lipinski definition) is 2. The number of anilines is 3. The van der Waals surface area contributed by atoms with E-state index in [1.165, 1.54) is 12.1 Å². The highest BCUT2D eigenvalue weighted by molar-refractivity contribution is 5.70. The summed E-state index contributed by atoms with van der Waals surface area (Å²) in [5, 5.41) is 7.69. The number of nitrogens with two attached hydrogens (primary N) is 1. The summed E-state index contributed by atoms with van der Waals surface area (Å²) in [5.74, 6) is 0.754. The number of nitrogen functional groups attached to an aromatic ring is 1. The second-order valence-corrected chi connectivity index (χ2v) is 9.07. The standard InChI is InChI=1S/C25H24F4N6O/c1-24(2,3)35-23(33-22-13-31-21(12-32-22)25(27,28)29)11-19(34-35)16-6-9-18(30)20(10-16)36-14-15-4-7-17(26)8-5-15/h4-13H,14,30H2,1-3H3,(H,32,33). The molecule has 0 radical (unpaired) electrons. The lowest BCUT2D eigenvalue weighted by Crippen LogP contribution is -2.24. The summed E-state index contributed by atoms with van der Waals surface area (Å²) < 4.78 is 59.2. The Bertz CT molecular complexity index is 1340. The fourth-order valence-electron chi connectivity index (χ4n) is 3.35. The summed E-state index contributed by atoms with van der Waals surface area (Å²) in [6.07, 6.45) is -2.88. The molecule has 0 unspecified atom stereocenters. The van der Waals surface area contributed by atoms with Gasteiger partial charge in [0.25, 0.3) is 0 Å². The van der Waals surface area contributed by atoms with Crippen molar-refractivity contribution in [3.63, 3.8) is 0 Å². The molecular formula is C25H24F4N6O. The van der Waals surface area contributed by atoms with Gasteiger partial charge < -0.3 is 15.8 Å². The van der Waals surface area contributed by atoms with Crippen molar-refractivity contribution in [1.29, 1.82) is 0 Å². The van der Waals surface area contributed by atoms with E-state index in [9.17, 15) is 17.6 Å². The number of hydrogen-bond acceptors (Lipinski definition) is 6. The molecule has 36 heavy (non-hydrogen) atoms. The molecule has 0 saturated carbocycles. The van der Waals surface area contributed by atoms with Crippen LogP contribution < -0.4 is 15.8 Å².